The molecule has 1 amide bonds. The number of pyridine rings is 1. The summed E-state index contributed by atoms with van der Waals surface area (Å²) < 4.78 is 5.60. The lowest BCUT2D eigenvalue weighted by atomic mass is 10.1. The summed E-state index contributed by atoms with van der Waals surface area (Å²) in [6.45, 7) is 5.82. The van der Waals surface area contributed by atoms with Crippen LogP contribution in [0.5, 0.6) is 5.75 Å². The van der Waals surface area contributed by atoms with Crippen LogP contribution in [-0.4, -0.2) is 23.5 Å². The highest BCUT2D eigenvalue weighted by molar-refractivity contribution is 5.76. The van der Waals surface area contributed by atoms with Crippen molar-refractivity contribution in [3.8, 4) is 5.75 Å². The van der Waals surface area contributed by atoms with Crippen LogP contribution in [0.4, 0.5) is 0 Å². The maximum Gasteiger partial charge on any atom is 0.223 e. The molecule has 0 aliphatic heterocycles. The van der Waals surface area contributed by atoms with Gasteiger partial charge in [-0.2, -0.15) is 0 Å². The lowest BCUT2D eigenvalue weighted by Crippen LogP contribution is -2.26. The Kier molecular flexibility index (Phi) is 5.09. The van der Waals surface area contributed by atoms with Crippen LogP contribution in [0.3, 0.4) is 0 Å². The lowest BCUT2D eigenvalue weighted by Gasteiger charge is -2.14. The molecule has 2 unspecified atom stereocenters. The molecule has 4 N–H and O–H groups in total. The third-order valence-corrected chi connectivity index (χ3v) is 2.56. The van der Waals surface area contributed by atoms with Crippen LogP contribution in [0.15, 0.2) is 12.1 Å². The topological polar surface area (TPSA) is 91.2 Å². The van der Waals surface area contributed by atoms with Crippen molar-refractivity contribution < 1.29 is 9.53 Å². The van der Waals surface area contributed by atoms with E-state index in [1.54, 1.807) is 6.92 Å². The highest BCUT2D eigenvalue weighted by Gasteiger charge is 2.13. The van der Waals surface area contributed by atoms with E-state index in [-0.39, 0.29) is 24.5 Å². The fraction of sp³-hybridized carbons (Fsp3) is 0.538. The third kappa shape index (κ3) is 4.33. The van der Waals surface area contributed by atoms with Gasteiger partial charge in [0.25, 0.3) is 0 Å². The van der Waals surface area contributed by atoms with Crippen LogP contribution in [0, 0.1) is 12.8 Å². The van der Waals surface area contributed by atoms with E-state index in [1.165, 1.54) is 0 Å². The number of hydrogen-bond acceptors (Lipinski definition) is 4. The van der Waals surface area contributed by atoms with Crippen molar-refractivity contribution in [2.45, 2.75) is 33.2 Å². The molecule has 0 fully saturated rings. The zero-order valence-electron chi connectivity index (χ0n) is 11.1. The van der Waals surface area contributed by atoms with Gasteiger partial charge in [0, 0.05) is 18.2 Å². The number of rotatable bonds is 6. The molecule has 0 spiro atoms. The van der Waals surface area contributed by atoms with Crippen molar-refractivity contribution >= 4 is 5.91 Å². The Balaban J connectivity index is 2.77. The standard InChI is InChI=1S/C13H21N3O2/c1-8(13(15)17)7-18-12-5-4-10(3)16-11(12)6-9(2)14/h4-5,8-9H,6-7,14H2,1-3H3,(H2,15,17). The molecular weight excluding hydrogens is 230 g/mol. The van der Waals surface area contributed by atoms with Crippen molar-refractivity contribution in [1.29, 1.82) is 0 Å². The van der Waals surface area contributed by atoms with E-state index in [0.29, 0.717) is 12.2 Å². The van der Waals surface area contributed by atoms with Gasteiger partial charge in [0.15, 0.2) is 0 Å². The Morgan fingerprint density at radius 2 is 2.11 bits per heavy atom. The Morgan fingerprint density at radius 1 is 1.44 bits per heavy atom. The summed E-state index contributed by atoms with van der Waals surface area (Å²) in [7, 11) is 0. The van der Waals surface area contributed by atoms with Crippen LogP contribution in [-0.2, 0) is 11.2 Å². The Labute approximate surface area is 108 Å². The first kappa shape index (κ1) is 14.4. The molecule has 1 heterocycles. The molecular formula is C13H21N3O2. The number of aryl methyl sites for hydroxylation is 1. The molecule has 1 rings (SSSR count). The first-order chi connectivity index (χ1) is 8.40. The molecule has 18 heavy (non-hydrogen) atoms. The predicted octanol–water partition coefficient (Wildman–Crippen LogP) is 0.780. The minimum absolute atomic E-state index is 0.00946. The predicted molar refractivity (Wildman–Crippen MR) is 70.2 cm³/mol. The molecule has 2 atom stereocenters. The van der Waals surface area contributed by atoms with Crippen LogP contribution < -0.4 is 16.2 Å². The molecule has 100 valence electrons. The number of hydrogen-bond donors (Lipinski definition) is 2. The van der Waals surface area contributed by atoms with Gasteiger partial charge in [-0.1, -0.05) is 6.92 Å². The van der Waals surface area contributed by atoms with E-state index in [0.717, 1.165) is 11.4 Å². The number of primary amides is 1. The van der Waals surface area contributed by atoms with Gasteiger partial charge in [-0.3, -0.25) is 9.78 Å². The number of carbonyl (C=O) groups is 1. The van der Waals surface area contributed by atoms with E-state index >= 15 is 0 Å². The molecule has 1 aromatic heterocycles. The van der Waals surface area contributed by atoms with Crippen molar-refractivity contribution in [3.63, 3.8) is 0 Å². The number of aromatic nitrogens is 1. The van der Waals surface area contributed by atoms with Crippen molar-refractivity contribution in [2.24, 2.45) is 17.4 Å². The molecule has 0 aromatic carbocycles. The molecule has 0 aliphatic rings. The summed E-state index contributed by atoms with van der Waals surface area (Å²) in [6.07, 6.45) is 0.641. The summed E-state index contributed by atoms with van der Waals surface area (Å²) in [4.78, 5) is 15.4. The van der Waals surface area contributed by atoms with Crippen LogP contribution in [0.1, 0.15) is 25.2 Å². The van der Waals surface area contributed by atoms with Gasteiger partial charge >= 0.3 is 0 Å². The SMILES string of the molecule is Cc1ccc(OCC(C)C(N)=O)c(CC(C)N)n1. The van der Waals surface area contributed by atoms with Crippen LogP contribution in [0.2, 0.25) is 0 Å². The van der Waals surface area contributed by atoms with E-state index in [1.807, 2.05) is 26.0 Å². The molecule has 0 saturated heterocycles. The molecule has 1 aromatic rings. The lowest BCUT2D eigenvalue weighted by molar-refractivity contribution is -0.122. The van der Waals surface area contributed by atoms with Gasteiger partial charge in [-0.05, 0) is 26.0 Å². The van der Waals surface area contributed by atoms with Crippen LogP contribution in [0.25, 0.3) is 0 Å². The highest BCUT2D eigenvalue weighted by atomic mass is 16.5. The number of nitrogens with zero attached hydrogens (tertiary/aromatic N) is 1. The molecule has 0 saturated carbocycles. The third-order valence-electron chi connectivity index (χ3n) is 2.56. The fourth-order valence-electron chi connectivity index (χ4n) is 1.48. The van der Waals surface area contributed by atoms with Gasteiger partial charge in [0.2, 0.25) is 5.91 Å². The van der Waals surface area contributed by atoms with Crippen molar-refractivity contribution in [2.75, 3.05) is 6.61 Å². The minimum atomic E-state index is -0.371. The van der Waals surface area contributed by atoms with E-state index in [2.05, 4.69) is 4.98 Å². The first-order valence-electron chi connectivity index (χ1n) is 6.04. The second-order valence-corrected chi connectivity index (χ2v) is 4.69. The van der Waals surface area contributed by atoms with Gasteiger partial charge in [-0.25, -0.2) is 0 Å². The normalized spacial score (nSPS) is 14.0. The maximum absolute atomic E-state index is 10.9. The Hall–Kier alpha value is -1.62. The molecule has 0 bridgehead atoms. The second-order valence-electron chi connectivity index (χ2n) is 4.69. The minimum Gasteiger partial charge on any atom is -0.491 e. The van der Waals surface area contributed by atoms with E-state index < -0.39 is 0 Å². The maximum atomic E-state index is 10.9. The summed E-state index contributed by atoms with van der Waals surface area (Å²) in [5, 5.41) is 0. The number of ether oxygens (including phenoxy) is 1. The first-order valence-corrected chi connectivity index (χ1v) is 6.04. The van der Waals surface area contributed by atoms with Gasteiger partial charge in [-0.15, -0.1) is 0 Å². The quantitative estimate of drug-likeness (QED) is 0.781. The van der Waals surface area contributed by atoms with Crippen LogP contribution >= 0.6 is 0 Å². The average molecular weight is 251 g/mol. The van der Waals surface area contributed by atoms with Gasteiger partial charge < -0.3 is 16.2 Å². The zero-order chi connectivity index (χ0) is 13.7. The second kappa shape index (κ2) is 6.35. The Morgan fingerprint density at radius 3 is 2.67 bits per heavy atom. The summed E-state index contributed by atoms with van der Waals surface area (Å²) in [6, 6.07) is 3.73. The molecule has 0 radical (unpaired) electrons. The number of amides is 1. The molecule has 5 heteroatoms. The number of nitrogens with two attached hydrogens (primary N) is 2. The smallest absolute Gasteiger partial charge is 0.223 e. The highest BCUT2D eigenvalue weighted by Crippen LogP contribution is 2.19. The molecule has 0 aliphatic carbocycles. The van der Waals surface area contributed by atoms with Gasteiger partial charge in [0.1, 0.15) is 5.75 Å². The summed E-state index contributed by atoms with van der Waals surface area (Å²) >= 11 is 0. The zero-order valence-corrected chi connectivity index (χ0v) is 11.1. The fourth-order valence-corrected chi connectivity index (χ4v) is 1.48. The summed E-state index contributed by atoms with van der Waals surface area (Å²) in [5.74, 6) is -0.0238. The van der Waals surface area contributed by atoms with E-state index in [4.69, 9.17) is 16.2 Å². The van der Waals surface area contributed by atoms with E-state index in [9.17, 15) is 4.79 Å². The van der Waals surface area contributed by atoms with Gasteiger partial charge in [0.05, 0.1) is 18.2 Å². The van der Waals surface area contributed by atoms with Crippen molar-refractivity contribution in [3.05, 3.63) is 23.5 Å². The Bertz CT molecular complexity index is 419. The largest absolute Gasteiger partial charge is 0.491 e. The average Bonchev–Trinajstić information content (AvgIpc) is 2.26. The monoisotopic (exact) mass is 251 g/mol. The molecule has 5 nitrogen and oxygen atoms in total. The number of carbonyl (C=O) groups excluding carboxylic acids is 1. The van der Waals surface area contributed by atoms with Crippen molar-refractivity contribution in [1.82, 2.24) is 4.98 Å². The summed E-state index contributed by atoms with van der Waals surface area (Å²) in [5.41, 5.74) is 12.7.